The fourth-order valence-corrected chi connectivity index (χ4v) is 2.79. The summed E-state index contributed by atoms with van der Waals surface area (Å²) in [6.45, 7) is 0. The monoisotopic (exact) mass is 268 g/mol. The largest absolute Gasteiger partial charge is 0.379 e. The van der Waals surface area contributed by atoms with Gasteiger partial charge in [0.2, 0.25) is 0 Å². The maximum atomic E-state index is 8.61. The van der Waals surface area contributed by atoms with Crippen LogP contribution in [-0.2, 0) is 0 Å². The molecule has 2 nitrogen and oxygen atoms in total. The molecule has 0 saturated heterocycles. The molecule has 2 rings (SSSR count). The van der Waals surface area contributed by atoms with Crippen LogP contribution in [0, 0.1) is 11.3 Å². The Labute approximate surface area is 95.8 Å². The molecular formula is C10H9BrN2S. The molecule has 14 heavy (non-hydrogen) atoms. The number of rotatable bonds is 1. The van der Waals surface area contributed by atoms with Crippen molar-refractivity contribution in [3.63, 3.8) is 0 Å². The lowest BCUT2D eigenvalue weighted by Crippen LogP contribution is -2.25. The van der Waals surface area contributed by atoms with Crippen LogP contribution in [0.15, 0.2) is 27.6 Å². The number of benzene rings is 1. The molecule has 1 aliphatic heterocycles. The first-order valence-corrected chi connectivity index (χ1v) is 6.13. The molecular weight excluding hydrogens is 260 g/mol. The zero-order valence-electron chi connectivity index (χ0n) is 7.46. The van der Waals surface area contributed by atoms with Crippen LogP contribution in [0.25, 0.3) is 0 Å². The minimum atomic E-state index is 0.284. The molecule has 1 aromatic rings. The van der Waals surface area contributed by atoms with Gasteiger partial charge in [-0.3, -0.25) is 0 Å². The number of halogens is 1. The highest BCUT2D eigenvalue weighted by Crippen LogP contribution is 2.35. The van der Waals surface area contributed by atoms with Crippen LogP contribution in [0.2, 0.25) is 0 Å². The van der Waals surface area contributed by atoms with Gasteiger partial charge in [-0.25, -0.2) is 0 Å². The summed E-state index contributed by atoms with van der Waals surface area (Å²) >= 11 is 5.25. The van der Waals surface area contributed by atoms with Crippen molar-refractivity contribution in [2.75, 3.05) is 11.1 Å². The average Bonchev–Trinajstić information content (AvgIpc) is 2.17. The van der Waals surface area contributed by atoms with Crippen LogP contribution in [0.3, 0.4) is 0 Å². The summed E-state index contributed by atoms with van der Waals surface area (Å²) in [4.78, 5) is 1.27. The number of hydrogen-bond acceptors (Lipinski definition) is 3. The summed E-state index contributed by atoms with van der Waals surface area (Å²) in [5, 5.41) is 12.0. The highest BCUT2D eigenvalue weighted by Gasteiger charge is 2.17. The molecule has 4 heteroatoms. The molecule has 0 aromatic heterocycles. The number of hydrogen-bond donors (Lipinski definition) is 1. The van der Waals surface area contributed by atoms with Crippen molar-refractivity contribution >= 4 is 33.4 Å². The smallest absolute Gasteiger partial charge is 0.0643 e. The van der Waals surface area contributed by atoms with Gasteiger partial charge in [-0.05, 0) is 18.2 Å². The Morgan fingerprint density at radius 3 is 3.29 bits per heavy atom. The predicted molar refractivity (Wildman–Crippen MR) is 62.5 cm³/mol. The zero-order chi connectivity index (χ0) is 9.97. The summed E-state index contributed by atoms with van der Waals surface area (Å²) in [6, 6.07) is 8.68. The van der Waals surface area contributed by atoms with Crippen LogP contribution < -0.4 is 5.32 Å². The van der Waals surface area contributed by atoms with Crippen molar-refractivity contribution in [1.29, 1.82) is 5.26 Å². The van der Waals surface area contributed by atoms with Gasteiger partial charge in [0, 0.05) is 26.9 Å². The van der Waals surface area contributed by atoms with Gasteiger partial charge in [-0.15, -0.1) is 11.8 Å². The van der Waals surface area contributed by atoms with Crippen molar-refractivity contribution in [2.45, 2.75) is 17.4 Å². The molecule has 0 bridgehead atoms. The number of nitrogens with zero attached hydrogens (tertiary/aromatic N) is 1. The SMILES string of the molecule is N#CCC1CSc2ccc(Br)cc2N1. The Morgan fingerprint density at radius 2 is 2.50 bits per heavy atom. The van der Waals surface area contributed by atoms with Gasteiger partial charge >= 0.3 is 0 Å². The average molecular weight is 269 g/mol. The summed E-state index contributed by atoms with van der Waals surface area (Å²) in [5.74, 6) is 0.974. The van der Waals surface area contributed by atoms with Gasteiger partial charge in [-0.2, -0.15) is 5.26 Å². The molecule has 1 heterocycles. The maximum absolute atomic E-state index is 8.61. The van der Waals surface area contributed by atoms with Crippen molar-refractivity contribution in [1.82, 2.24) is 0 Å². The van der Waals surface area contributed by atoms with E-state index in [2.05, 4.69) is 39.4 Å². The van der Waals surface area contributed by atoms with Crippen molar-refractivity contribution < 1.29 is 0 Å². The van der Waals surface area contributed by atoms with Crippen LogP contribution in [0.4, 0.5) is 5.69 Å². The summed E-state index contributed by atoms with van der Waals surface area (Å²) in [5.41, 5.74) is 1.14. The minimum Gasteiger partial charge on any atom is -0.379 e. The van der Waals surface area contributed by atoms with Gasteiger partial charge in [0.25, 0.3) is 0 Å². The van der Waals surface area contributed by atoms with E-state index < -0.39 is 0 Å². The Bertz CT molecular complexity index is 386. The molecule has 0 saturated carbocycles. The normalized spacial score (nSPS) is 19.3. The topological polar surface area (TPSA) is 35.8 Å². The molecule has 1 atom stereocenters. The van der Waals surface area contributed by atoms with E-state index in [9.17, 15) is 0 Å². The maximum Gasteiger partial charge on any atom is 0.0643 e. The highest BCUT2D eigenvalue weighted by molar-refractivity contribution is 9.10. The van der Waals surface area contributed by atoms with E-state index in [0.717, 1.165) is 15.9 Å². The van der Waals surface area contributed by atoms with Crippen LogP contribution in [0.1, 0.15) is 6.42 Å². The third kappa shape index (κ3) is 2.05. The Kier molecular flexibility index (Phi) is 2.99. The fraction of sp³-hybridized carbons (Fsp3) is 0.300. The first kappa shape index (κ1) is 9.88. The summed E-state index contributed by atoms with van der Waals surface area (Å²) in [7, 11) is 0. The van der Waals surface area contributed by atoms with E-state index in [1.807, 2.05) is 17.8 Å². The van der Waals surface area contributed by atoms with Gasteiger partial charge in [0.1, 0.15) is 0 Å². The Balaban J connectivity index is 2.21. The standard InChI is InChI=1S/C10H9BrN2S/c11-7-1-2-10-9(5-7)13-8(3-4-12)6-14-10/h1-2,5,8,13H,3,6H2. The number of fused-ring (bicyclic) bond motifs is 1. The first-order valence-electron chi connectivity index (χ1n) is 4.35. The van der Waals surface area contributed by atoms with E-state index in [4.69, 9.17) is 5.26 Å². The van der Waals surface area contributed by atoms with Gasteiger partial charge in [-0.1, -0.05) is 15.9 Å². The molecule has 1 aliphatic rings. The summed E-state index contributed by atoms with van der Waals surface area (Å²) < 4.78 is 1.07. The van der Waals surface area contributed by atoms with Crippen molar-refractivity contribution in [3.05, 3.63) is 22.7 Å². The molecule has 72 valence electrons. The van der Waals surface area contributed by atoms with Gasteiger partial charge in [0.05, 0.1) is 12.5 Å². The van der Waals surface area contributed by atoms with E-state index in [1.165, 1.54) is 4.90 Å². The molecule has 0 spiro atoms. The van der Waals surface area contributed by atoms with E-state index in [1.54, 1.807) is 0 Å². The molecule has 0 amide bonds. The van der Waals surface area contributed by atoms with Gasteiger partial charge < -0.3 is 5.32 Å². The molecule has 1 N–H and O–H groups in total. The Hall–Kier alpha value is -0.660. The molecule has 0 aliphatic carbocycles. The minimum absolute atomic E-state index is 0.284. The number of anilines is 1. The van der Waals surface area contributed by atoms with Crippen molar-refractivity contribution in [3.8, 4) is 6.07 Å². The number of thioether (sulfide) groups is 1. The number of nitriles is 1. The second-order valence-corrected chi connectivity index (χ2v) is 5.13. The quantitative estimate of drug-likeness (QED) is 0.850. The predicted octanol–water partition coefficient (Wildman–Crippen LogP) is 3.25. The number of nitrogens with one attached hydrogen (secondary N) is 1. The van der Waals surface area contributed by atoms with Crippen LogP contribution in [0.5, 0.6) is 0 Å². The van der Waals surface area contributed by atoms with Crippen LogP contribution >= 0.6 is 27.7 Å². The van der Waals surface area contributed by atoms with E-state index in [-0.39, 0.29) is 6.04 Å². The van der Waals surface area contributed by atoms with E-state index >= 15 is 0 Å². The third-order valence-electron chi connectivity index (χ3n) is 2.08. The van der Waals surface area contributed by atoms with Crippen LogP contribution in [-0.4, -0.2) is 11.8 Å². The summed E-state index contributed by atoms with van der Waals surface area (Å²) in [6.07, 6.45) is 0.568. The van der Waals surface area contributed by atoms with Gasteiger partial charge in [0.15, 0.2) is 0 Å². The van der Waals surface area contributed by atoms with E-state index in [0.29, 0.717) is 6.42 Å². The fourth-order valence-electron chi connectivity index (χ4n) is 1.41. The lowest BCUT2D eigenvalue weighted by Gasteiger charge is -2.24. The van der Waals surface area contributed by atoms with Crippen molar-refractivity contribution in [2.24, 2.45) is 0 Å². The lowest BCUT2D eigenvalue weighted by molar-refractivity contribution is 0.819. The second kappa shape index (κ2) is 4.24. The molecule has 1 aromatic carbocycles. The second-order valence-electron chi connectivity index (χ2n) is 3.15. The zero-order valence-corrected chi connectivity index (χ0v) is 9.86. The first-order chi connectivity index (χ1) is 6.79. The lowest BCUT2D eigenvalue weighted by atomic mass is 10.2. The molecule has 0 fully saturated rings. The highest BCUT2D eigenvalue weighted by atomic mass is 79.9. The molecule has 0 radical (unpaired) electrons. The Morgan fingerprint density at radius 1 is 1.64 bits per heavy atom. The third-order valence-corrected chi connectivity index (χ3v) is 3.81. The molecule has 1 unspecified atom stereocenters.